The molecule has 1 unspecified atom stereocenters. The Hall–Kier alpha value is -1.62. The monoisotopic (exact) mass is 266 g/mol. The molecule has 1 aromatic carbocycles. The van der Waals surface area contributed by atoms with Crippen molar-refractivity contribution < 1.29 is 9.90 Å². The van der Waals surface area contributed by atoms with E-state index in [0.29, 0.717) is 17.0 Å². The van der Waals surface area contributed by atoms with Crippen LogP contribution in [0.25, 0.3) is 0 Å². The number of hydrogen-bond donors (Lipinski definition) is 3. The lowest BCUT2D eigenvalue weighted by molar-refractivity contribution is 0.0936. The Bertz CT molecular complexity index is 460. The maximum Gasteiger partial charge on any atom is 0.251 e. The quantitative estimate of drug-likeness (QED) is 0.711. The van der Waals surface area contributed by atoms with Crippen LogP contribution >= 0.6 is 12.2 Å². The number of carbonyl (C=O) groups is 1. The molecule has 0 radical (unpaired) electrons. The van der Waals surface area contributed by atoms with Gasteiger partial charge in [0, 0.05) is 18.0 Å². The van der Waals surface area contributed by atoms with Crippen LogP contribution in [-0.4, -0.2) is 22.0 Å². The number of aryl methyl sites for hydroxylation is 1. The Balaban J connectivity index is 2.77. The van der Waals surface area contributed by atoms with Crippen LogP contribution in [-0.2, 0) is 0 Å². The minimum Gasteiger partial charge on any atom is -0.508 e. The van der Waals surface area contributed by atoms with Crippen LogP contribution in [0.4, 0.5) is 0 Å². The summed E-state index contributed by atoms with van der Waals surface area (Å²) in [5, 5.41) is 12.2. The van der Waals surface area contributed by atoms with Crippen molar-refractivity contribution in [3.63, 3.8) is 0 Å². The maximum atomic E-state index is 12.1. The molecular formula is C13H18N2O2S. The molecule has 98 valence electrons. The third-order valence-corrected chi connectivity index (χ3v) is 2.90. The van der Waals surface area contributed by atoms with E-state index in [1.165, 1.54) is 6.07 Å². The number of benzene rings is 1. The number of hydrogen-bond acceptors (Lipinski definition) is 3. The van der Waals surface area contributed by atoms with E-state index in [1.807, 2.05) is 6.92 Å². The van der Waals surface area contributed by atoms with Crippen LogP contribution in [0.1, 0.15) is 35.7 Å². The summed E-state index contributed by atoms with van der Waals surface area (Å²) in [5.74, 6) is -0.0187. The number of nitrogens with two attached hydrogens (primary N) is 1. The van der Waals surface area contributed by atoms with Gasteiger partial charge in [-0.15, -0.1) is 0 Å². The largest absolute Gasteiger partial charge is 0.508 e. The van der Waals surface area contributed by atoms with Crippen LogP contribution < -0.4 is 11.1 Å². The summed E-state index contributed by atoms with van der Waals surface area (Å²) in [7, 11) is 0. The Labute approximate surface area is 112 Å². The second kappa shape index (κ2) is 6.35. The predicted molar refractivity (Wildman–Crippen MR) is 75.8 cm³/mol. The van der Waals surface area contributed by atoms with Gasteiger partial charge in [-0.05, 0) is 37.1 Å². The zero-order chi connectivity index (χ0) is 13.7. The molecule has 1 aromatic rings. The topological polar surface area (TPSA) is 75.3 Å². The van der Waals surface area contributed by atoms with Crippen molar-refractivity contribution in [2.24, 2.45) is 5.73 Å². The van der Waals surface area contributed by atoms with Gasteiger partial charge in [0.15, 0.2) is 0 Å². The van der Waals surface area contributed by atoms with Crippen LogP contribution in [0.3, 0.4) is 0 Å². The smallest absolute Gasteiger partial charge is 0.251 e. The first-order valence-electron chi connectivity index (χ1n) is 5.82. The van der Waals surface area contributed by atoms with Gasteiger partial charge in [-0.2, -0.15) is 0 Å². The molecular weight excluding hydrogens is 248 g/mol. The number of aromatic hydroxyl groups is 1. The Morgan fingerprint density at radius 3 is 2.72 bits per heavy atom. The number of nitrogens with one attached hydrogen (secondary N) is 1. The first-order valence-corrected chi connectivity index (χ1v) is 6.23. The highest BCUT2D eigenvalue weighted by atomic mass is 32.1. The van der Waals surface area contributed by atoms with E-state index in [0.717, 1.165) is 12.0 Å². The van der Waals surface area contributed by atoms with Gasteiger partial charge in [-0.3, -0.25) is 4.79 Å². The molecule has 0 saturated heterocycles. The van der Waals surface area contributed by atoms with Gasteiger partial charge in [0.25, 0.3) is 5.91 Å². The third-order valence-electron chi connectivity index (χ3n) is 2.73. The molecule has 0 spiro atoms. The molecule has 0 aliphatic rings. The summed E-state index contributed by atoms with van der Waals surface area (Å²) in [4.78, 5) is 12.4. The predicted octanol–water partition coefficient (Wildman–Crippen LogP) is 1.89. The number of rotatable bonds is 5. The maximum absolute atomic E-state index is 12.1. The molecule has 1 amide bonds. The number of phenols is 1. The summed E-state index contributed by atoms with van der Waals surface area (Å²) < 4.78 is 0. The summed E-state index contributed by atoms with van der Waals surface area (Å²) in [6.45, 7) is 3.75. The lowest BCUT2D eigenvalue weighted by Gasteiger charge is -2.17. The van der Waals surface area contributed by atoms with E-state index >= 15 is 0 Å². The van der Waals surface area contributed by atoms with Crippen LogP contribution in [0.2, 0.25) is 0 Å². The summed E-state index contributed by atoms with van der Waals surface area (Å²) in [6, 6.07) is 4.61. The van der Waals surface area contributed by atoms with Gasteiger partial charge < -0.3 is 16.2 Å². The van der Waals surface area contributed by atoms with Crippen LogP contribution in [0, 0.1) is 6.92 Å². The van der Waals surface area contributed by atoms with E-state index in [2.05, 4.69) is 5.32 Å². The van der Waals surface area contributed by atoms with Crippen molar-refractivity contribution in [1.82, 2.24) is 5.32 Å². The average Bonchev–Trinajstić information content (AvgIpc) is 2.27. The van der Waals surface area contributed by atoms with E-state index in [-0.39, 0.29) is 17.7 Å². The lowest BCUT2D eigenvalue weighted by Crippen LogP contribution is -2.37. The van der Waals surface area contributed by atoms with E-state index in [1.54, 1.807) is 19.1 Å². The molecule has 0 heterocycles. The third kappa shape index (κ3) is 4.00. The number of amides is 1. The van der Waals surface area contributed by atoms with Crippen molar-refractivity contribution in [3.8, 4) is 5.75 Å². The fraction of sp³-hybridized carbons (Fsp3) is 0.385. The fourth-order valence-electron chi connectivity index (χ4n) is 1.71. The van der Waals surface area contributed by atoms with Crippen molar-refractivity contribution >= 4 is 23.1 Å². The molecule has 1 rings (SSSR count). The number of phenolic OH excluding ortho intramolecular Hbond substituents is 1. The van der Waals surface area contributed by atoms with E-state index in [9.17, 15) is 9.90 Å². The van der Waals surface area contributed by atoms with Gasteiger partial charge in [0.05, 0.1) is 4.99 Å². The Morgan fingerprint density at radius 2 is 2.22 bits per heavy atom. The zero-order valence-electron chi connectivity index (χ0n) is 10.6. The highest BCUT2D eigenvalue weighted by Crippen LogP contribution is 2.16. The fourth-order valence-corrected chi connectivity index (χ4v) is 1.91. The molecule has 0 fully saturated rings. The first-order chi connectivity index (χ1) is 8.43. The van der Waals surface area contributed by atoms with Crippen molar-refractivity contribution in [2.45, 2.75) is 32.7 Å². The molecule has 5 heteroatoms. The summed E-state index contributed by atoms with van der Waals surface area (Å²) in [5.41, 5.74) is 6.76. The minimum absolute atomic E-state index is 0.0526. The second-order valence-corrected chi connectivity index (χ2v) is 4.77. The molecule has 0 bridgehead atoms. The summed E-state index contributed by atoms with van der Waals surface area (Å²) in [6.07, 6.45) is 1.26. The highest BCUT2D eigenvalue weighted by Gasteiger charge is 2.14. The lowest BCUT2D eigenvalue weighted by atomic mass is 10.1. The van der Waals surface area contributed by atoms with Crippen LogP contribution in [0.15, 0.2) is 18.2 Å². The SMILES string of the molecule is CCC(CC(N)=S)NC(=O)c1ccc(O)cc1C. The molecule has 0 aliphatic carbocycles. The van der Waals surface area contributed by atoms with E-state index < -0.39 is 0 Å². The molecule has 4 nitrogen and oxygen atoms in total. The summed E-state index contributed by atoms with van der Waals surface area (Å²) >= 11 is 4.84. The Kier molecular flexibility index (Phi) is 5.09. The zero-order valence-corrected chi connectivity index (χ0v) is 11.4. The van der Waals surface area contributed by atoms with Gasteiger partial charge in [-0.1, -0.05) is 19.1 Å². The van der Waals surface area contributed by atoms with Crippen LogP contribution in [0.5, 0.6) is 5.75 Å². The molecule has 1 atom stereocenters. The molecule has 0 aromatic heterocycles. The second-order valence-electron chi connectivity index (χ2n) is 4.25. The van der Waals surface area contributed by atoms with Gasteiger partial charge >= 0.3 is 0 Å². The average molecular weight is 266 g/mol. The van der Waals surface area contributed by atoms with Crippen molar-refractivity contribution in [2.75, 3.05) is 0 Å². The highest BCUT2D eigenvalue weighted by molar-refractivity contribution is 7.80. The Morgan fingerprint density at radius 1 is 1.56 bits per heavy atom. The minimum atomic E-state index is -0.171. The normalized spacial score (nSPS) is 11.9. The molecule has 0 aliphatic heterocycles. The van der Waals surface area contributed by atoms with Gasteiger partial charge in [0.1, 0.15) is 5.75 Å². The molecule has 0 saturated carbocycles. The van der Waals surface area contributed by atoms with Gasteiger partial charge in [0.2, 0.25) is 0 Å². The van der Waals surface area contributed by atoms with Gasteiger partial charge in [-0.25, -0.2) is 0 Å². The van der Waals surface area contributed by atoms with Crippen molar-refractivity contribution in [1.29, 1.82) is 0 Å². The number of carbonyl (C=O) groups excluding carboxylic acids is 1. The first kappa shape index (κ1) is 14.4. The van der Waals surface area contributed by atoms with Crippen molar-refractivity contribution in [3.05, 3.63) is 29.3 Å². The van der Waals surface area contributed by atoms with E-state index in [4.69, 9.17) is 18.0 Å². The molecule has 4 N–H and O–H groups in total. The molecule has 18 heavy (non-hydrogen) atoms. The standard InChI is InChI=1S/C13H18N2O2S/c1-3-9(7-12(14)18)15-13(17)11-5-4-10(16)6-8(11)2/h4-6,9,16H,3,7H2,1-2H3,(H2,14,18)(H,15,17). The number of thiocarbonyl (C=S) groups is 1.